The van der Waals surface area contributed by atoms with Gasteiger partial charge in [-0.15, -0.1) is 11.3 Å². The summed E-state index contributed by atoms with van der Waals surface area (Å²) >= 11 is 9.31. The molecule has 0 aromatic carbocycles. The first kappa shape index (κ1) is 11.4. The maximum Gasteiger partial charge on any atom is 0.0931 e. The van der Waals surface area contributed by atoms with Crippen LogP contribution in [0.15, 0.2) is 12.1 Å². The lowest BCUT2D eigenvalue weighted by atomic mass is 10.3. The smallest absolute Gasteiger partial charge is 0.0931 e. The van der Waals surface area contributed by atoms with Crippen LogP contribution in [0.4, 0.5) is 0 Å². The van der Waals surface area contributed by atoms with Gasteiger partial charge in [0.2, 0.25) is 0 Å². The molecular weight excluding hydrogens is 222 g/mol. The molecule has 0 saturated carbocycles. The van der Waals surface area contributed by atoms with Crippen molar-refractivity contribution in [2.24, 2.45) is 5.73 Å². The molecule has 0 bridgehead atoms. The molecule has 4 heteroatoms. The third-order valence-corrected chi connectivity index (χ3v) is 4.26. The number of thioether (sulfide) groups is 1. The summed E-state index contributed by atoms with van der Waals surface area (Å²) in [6.07, 6.45) is 1.21. The van der Waals surface area contributed by atoms with E-state index in [1.165, 1.54) is 17.1 Å². The fraction of sp³-hybridized carbons (Fsp3) is 0.556. The van der Waals surface area contributed by atoms with Gasteiger partial charge in [-0.25, -0.2) is 0 Å². The van der Waals surface area contributed by atoms with Gasteiger partial charge in [-0.1, -0.05) is 18.5 Å². The molecule has 1 rings (SSSR count). The zero-order chi connectivity index (χ0) is 9.68. The van der Waals surface area contributed by atoms with E-state index < -0.39 is 0 Å². The minimum Gasteiger partial charge on any atom is -0.323 e. The second-order valence-corrected chi connectivity index (χ2v) is 5.72. The molecule has 0 aliphatic rings. The summed E-state index contributed by atoms with van der Waals surface area (Å²) in [7, 11) is 0. The zero-order valence-electron chi connectivity index (χ0n) is 7.63. The third kappa shape index (κ3) is 3.90. The lowest BCUT2D eigenvalue weighted by Crippen LogP contribution is -2.11. The van der Waals surface area contributed by atoms with Gasteiger partial charge >= 0.3 is 0 Å². The molecule has 1 aromatic heterocycles. The molecule has 1 atom stereocenters. The molecule has 0 saturated heterocycles. The van der Waals surface area contributed by atoms with Gasteiger partial charge in [-0.05, 0) is 24.3 Å². The Morgan fingerprint density at radius 3 is 2.92 bits per heavy atom. The van der Waals surface area contributed by atoms with Crippen LogP contribution in [0, 0.1) is 0 Å². The highest BCUT2D eigenvalue weighted by atomic mass is 35.5. The van der Waals surface area contributed by atoms with Crippen molar-refractivity contribution in [3.8, 4) is 0 Å². The molecule has 0 radical (unpaired) electrons. The zero-order valence-corrected chi connectivity index (χ0v) is 10.0. The van der Waals surface area contributed by atoms with Crippen LogP contribution in [-0.2, 0) is 0 Å². The van der Waals surface area contributed by atoms with Crippen molar-refractivity contribution in [3.63, 3.8) is 0 Å². The fourth-order valence-corrected chi connectivity index (χ4v) is 3.02. The monoisotopic (exact) mass is 235 g/mol. The number of halogens is 1. The molecule has 0 amide bonds. The van der Waals surface area contributed by atoms with Gasteiger partial charge in [0.25, 0.3) is 0 Å². The summed E-state index contributed by atoms with van der Waals surface area (Å²) in [6.45, 7) is 2.18. The van der Waals surface area contributed by atoms with E-state index in [0.29, 0.717) is 0 Å². The number of hydrogen-bond acceptors (Lipinski definition) is 3. The van der Waals surface area contributed by atoms with Crippen LogP contribution >= 0.6 is 34.7 Å². The number of thiophene rings is 1. The van der Waals surface area contributed by atoms with Gasteiger partial charge in [0.05, 0.1) is 4.34 Å². The average Bonchev–Trinajstić information content (AvgIpc) is 2.52. The minimum atomic E-state index is 0.147. The molecule has 1 aromatic rings. The van der Waals surface area contributed by atoms with Crippen molar-refractivity contribution < 1.29 is 0 Å². The largest absolute Gasteiger partial charge is 0.323 e. The molecule has 0 aliphatic carbocycles. The summed E-state index contributed by atoms with van der Waals surface area (Å²) < 4.78 is 0.825. The number of hydrogen-bond donors (Lipinski definition) is 1. The maximum absolute atomic E-state index is 5.98. The first-order valence-electron chi connectivity index (χ1n) is 4.32. The van der Waals surface area contributed by atoms with Crippen LogP contribution in [0.25, 0.3) is 0 Å². The summed E-state index contributed by atoms with van der Waals surface area (Å²) in [6, 6.07) is 4.07. The highest BCUT2D eigenvalue weighted by Crippen LogP contribution is 2.27. The molecular formula is C9H14ClNS2. The third-order valence-electron chi connectivity index (χ3n) is 1.61. The van der Waals surface area contributed by atoms with Crippen LogP contribution in [-0.4, -0.2) is 11.5 Å². The van der Waals surface area contributed by atoms with Gasteiger partial charge in [0.15, 0.2) is 0 Å². The SMILES string of the molecule is CCCSCC(N)c1ccc(Cl)s1. The first-order valence-corrected chi connectivity index (χ1v) is 6.67. The van der Waals surface area contributed by atoms with Crippen LogP contribution < -0.4 is 5.73 Å². The highest BCUT2D eigenvalue weighted by molar-refractivity contribution is 7.99. The van der Waals surface area contributed by atoms with Crippen LogP contribution in [0.3, 0.4) is 0 Å². The fourth-order valence-electron chi connectivity index (χ4n) is 0.964. The second-order valence-electron chi connectivity index (χ2n) is 2.82. The summed E-state index contributed by atoms with van der Waals surface area (Å²) in [4.78, 5) is 1.19. The van der Waals surface area contributed by atoms with Crippen LogP contribution in [0.2, 0.25) is 4.34 Å². The Bertz CT molecular complexity index is 250. The molecule has 2 N–H and O–H groups in total. The van der Waals surface area contributed by atoms with Gasteiger partial charge in [0, 0.05) is 16.7 Å². The van der Waals surface area contributed by atoms with E-state index in [4.69, 9.17) is 17.3 Å². The van der Waals surface area contributed by atoms with Crippen molar-refractivity contribution in [3.05, 3.63) is 21.3 Å². The molecule has 1 heterocycles. The Balaban J connectivity index is 2.35. The molecule has 0 fully saturated rings. The molecule has 0 spiro atoms. The van der Waals surface area contributed by atoms with Crippen LogP contribution in [0.1, 0.15) is 24.3 Å². The molecule has 74 valence electrons. The quantitative estimate of drug-likeness (QED) is 0.790. The Kier molecular flexibility index (Phi) is 5.17. The lowest BCUT2D eigenvalue weighted by molar-refractivity contribution is 0.851. The topological polar surface area (TPSA) is 26.0 Å². The molecule has 13 heavy (non-hydrogen) atoms. The highest BCUT2D eigenvalue weighted by Gasteiger charge is 2.07. The summed E-state index contributed by atoms with van der Waals surface area (Å²) in [5.74, 6) is 2.18. The Morgan fingerprint density at radius 2 is 2.38 bits per heavy atom. The van der Waals surface area contributed by atoms with Gasteiger partial charge in [-0.3, -0.25) is 0 Å². The Labute approximate surface area is 92.7 Å². The average molecular weight is 236 g/mol. The van der Waals surface area contributed by atoms with Gasteiger partial charge in [0.1, 0.15) is 0 Å². The van der Waals surface area contributed by atoms with E-state index in [-0.39, 0.29) is 6.04 Å². The van der Waals surface area contributed by atoms with E-state index in [0.717, 1.165) is 10.1 Å². The normalized spacial score (nSPS) is 13.2. The first-order chi connectivity index (χ1) is 6.24. The maximum atomic E-state index is 5.98. The van der Waals surface area contributed by atoms with Crippen molar-refractivity contribution in [2.45, 2.75) is 19.4 Å². The predicted molar refractivity (Wildman–Crippen MR) is 63.9 cm³/mol. The van der Waals surface area contributed by atoms with Crippen molar-refractivity contribution in [1.29, 1.82) is 0 Å². The lowest BCUT2D eigenvalue weighted by Gasteiger charge is -2.07. The van der Waals surface area contributed by atoms with Gasteiger partial charge in [-0.2, -0.15) is 11.8 Å². The molecule has 0 aliphatic heterocycles. The standard InChI is InChI=1S/C9H14ClNS2/c1-2-5-12-6-7(11)8-3-4-9(10)13-8/h3-4,7H,2,5-6,11H2,1H3. The second kappa shape index (κ2) is 5.91. The van der Waals surface area contributed by atoms with Crippen molar-refractivity contribution in [1.82, 2.24) is 0 Å². The van der Waals surface area contributed by atoms with E-state index in [1.54, 1.807) is 11.3 Å². The molecule has 1 unspecified atom stereocenters. The predicted octanol–water partition coefficient (Wildman–Crippen LogP) is 3.54. The Morgan fingerprint density at radius 1 is 1.62 bits per heavy atom. The van der Waals surface area contributed by atoms with E-state index in [9.17, 15) is 0 Å². The number of nitrogens with two attached hydrogens (primary N) is 1. The molecule has 1 nitrogen and oxygen atoms in total. The van der Waals surface area contributed by atoms with Crippen molar-refractivity contribution >= 4 is 34.7 Å². The van der Waals surface area contributed by atoms with E-state index in [2.05, 4.69) is 6.92 Å². The Hall–Kier alpha value is 0.300. The van der Waals surface area contributed by atoms with Gasteiger partial charge < -0.3 is 5.73 Å². The number of rotatable bonds is 5. The van der Waals surface area contributed by atoms with E-state index >= 15 is 0 Å². The summed E-state index contributed by atoms with van der Waals surface area (Å²) in [5, 5.41) is 0. The summed E-state index contributed by atoms with van der Waals surface area (Å²) in [5.41, 5.74) is 5.98. The van der Waals surface area contributed by atoms with Crippen LogP contribution in [0.5, 0.6) is 0 Å². The minimum absolute atomic E-state index is 0.147. The van der Waals surface area contributed by atoms with Crippen molar-refractivity contribution in [2.75, 3.05) is 11.5 Å². The van der Waals surface area contributed by atoms with E-state index in [1.807, 2.05) is 23.9 Å².